The van der Waals surface area contributed by atoms with Crippen LogP contribution in [0.4, 0.5) is 0 Å². The molecule has 258 valence electrons. The van der Waals surface area contributed by atoms with Crippen LogP contribution >= 0.6 is 0 Å². The summed E-state index contributed by atoms with van der Waals surface area (Å²) in [5.41, 5.74) is 0. The van der Waals surface area contributed by atoms with E-state index >= 15 is 0 Å². The van der Waals surface area contributed by atoms with Crippen molar-refractivity contribution in [1.29, 1.82) is 0 Å². The number of unbranched alkanes of at least 4 members (excludes halogenated alkanes) is 25. The first-order valence-corrected chi connectivity index (χ1v) is 18.9. The van der Waals surface area contributed by atoms with E-state index in [0.29, 0.717) is 12.8 Å². The van der Waals surface area contributed by atoms with E-state index in [9.17, 15) is 25.2 Å². The highest BCUT2D eigenvalue weighted by Crippen LogP contribution is 2.16. The van der Waals surface area contributed by atoms with E-state index in [-0.39, 0.29) is 0 Å². The highest BCUT2D eigenvalue weighted by Gasteiger charge is 2.28. The van der Waals surface area contributed by atoms with Gasteiger partial charge in [0.05, 0.1) is 18.8 Å². The number of hydrogen-bond acceptors (Lipinski definition) is 5. The highest BCUT2D eigenvalue weighted by atomic mass is 16.3. The first-order chi connectivity index (χ1) is 21.0. The van der Waals surface area contributed by atoms with Crippen molar-refractivity contribution in [2.75, 3.05) is 6.61 Å². The molecule has 6 heteroatoms. The van der Waals surface area contributed by atoms with Gasteiger partial charge in [0.25, 0.3) is 0 Å². The van der Waals surface area contributed by atoms with Crippen LogP contribution in [-0.4, -0.2) is 57.3 Å². The largest absolute Gasteiger partial charge is 0.394 e. The minimum Gasteiger partial charge on any atom is -0.394 e. The highest BCUT2D eigenvalue weighted by molar-refractivity contribution is 5.80. The maximum atomic E-state index is 12.4. The van der Waals surface area contributed by atoms with Crippen LogP contribution in [-0.2, 0) is 4.79 Å². The molecule has 5 N–H and O–H groups in total. The van der Waals surface area contributed by atoms with Gasteiger partial charge in [-0.15, -0.1) is 0 Å². The Balaban J connectivity index is 3.78. The smallest absolute Gasteiger partial charge is 0.249 e. The fraction of sp³-hybridized carbons (Fsp3) is 0.973. The van der Waals surface area contributed by atoms with Crippen molar-refractivity contribution >= 4 is 5.91 Å². The Morgan fingerprint density at radius 3 is 1.12 bits per heavy atom. The minimum atomic E-state index is -1.25. The third-order valence-corrected chi connectivity index (χ3v) is 9.07. The average molecular weight is 614 g/mol. The molecule has 0 aromatic rings. The van der Waals surface area contributed by atoms with Crippen molar-refractivity contribution in [2.24, 2.45) is 0 Å². The number of aliphatic hydroxyl groups excluding tert-OH is 4. The predicted molar refractivity (Wildman–Crippen MR) is 182 cm³/mol. The Hall–Kier alpha value is -0.690. The fourth-order valence-corrected chi connectivity index (χ4v) is 5.99. The normalized spacial score (nSPS) is 14.5. The van der Waals surface area contributed by atoms with Crippen LogP contribution in [0.3, 0.4) is 0 Å². The molecule has 0 aromatic carbocycles. The van der Waals surface area contributed by atoms with Crippen LogP contribution in [0.1, 0.15) is 200 Å². The van der Waals surface area contributed by atoms with Crippen LogP contribution in [0.25, 0.3) is 0 Å². The molecule has 0 aliphatic heterocycles. The molecule has 43 heavy (non-hydrogen) atoms. The molecule has 0 saturated heterocycles. The Labute approximate surface area is 267 Å². The predicted octanol–water partition coefficient (Wildman–Crippen LogP) is 8.90. The van der Waals surface area contributed by atoms with Crippen LogP contribution < -0.4 is 5.32 Å². The maximum Gasteiger partial charge on any atom is 0.249 e. The van der Waals surface area contributed by atoms with E-state index in [4.69, 9.17) is 0 Å². The zero-order valence-corrected chi connectivity index (χ0v) is 28.7. The van der Waals surface area contributed by atoms with Gasteiger partial charge in [-0.2, -0.15) is 0 Å². The molecule has 6 nitrogen and oxygen atoms in total. The Morgan fingerprint density at radius 2 is 0.791 bits per heavy atom. The molecule has 0 aliphatic rings. The lowest BCUT2D eigenvalue weighted by atomic mass is 9.99. The molecule has 1 unspecified atom stereocenters. The van der Waals surface area contributed by atoms with E-state index in [1.54, 1.807) is 0 Å². The molecule has 4 atom stereocenters. The number of carbonyl (C=O) groups is 1. The number of aliphatic hydroxyl groups is 4. The van der Waals surface area contributed by atoms with E-state index in [2.05, 4.69) is 19.2 Å². The van der Waals surface area contributed by atoms with Crippen molar-refractivity contribution in [1.82, 2.24) is 5.32 Å². The first kappa shape index (κ1) is 42.3. The molecule has 0 aromatic heterocycles. The van der Waals surface area contributed by atoms with Crippen molar-refractivity contribution in [3.05, 3.63) is 0 Å². The second-order valence-electron chi connectivity index (χ2n) is 13.3. The summed E-state index contributed by atoms with van der Waals surface area (Å²) in [7, 11) is 0. The second kappa shape index (κ2) is 32.7. The Morgan fingerprint density at radius 1 is 0.488 bits per heavy atom. The van der Waals surface area contributed by atoms with Crippen molar-refractivity contribution < 1.29 is 25.2 Å². The zero-order chi connectivity index (χ0) is 31.8. The molecule has 0 fully saturated rings. The summed E-state index contributed by atoms with van der Waals surface area (Å²) in [5.74, 6) is -0.582. The van der Waals surface area contributed by atoms with E-state index in [1.165, 1.54) is 135 Å². The molecule has 0 saturated carbocycles. The van der Waals surface area contributed by atoms with Gasteiger partial charge in [0.2, 0.25) is 5.91 Å². The monoisotopic (exact) mass is 614 g/mol. The van der Waals surface area contributed by atoms with Gasteiger partial charge in [0, 0.05) is 0 Å². The van der Waals surface area contributed by atoms with Gasteiger partial charge < -0.3 is 25.7 Å². The van der Waals surface area contributed by atoms with Gasteiger partial charge in [-0.1, -0.05) is 187 Å². The van der Waals surface area contributed by atoms with Crippen molar-refractivity contribution in [3.63, 3.8) is 0 Å². The quantitative estimate of drug-likeness (QED) is 0.0466. The first-order valence-electron chi connectivity index (χ1n) is 18.9. The standard InChI is InChI=1S/C37H75NO5/c1-3-5-7-9-11-13-15-17-18-19-21-23-25-27-29-31-35(41)37(43)38-33(32-39)36(42)34(40)30-28-26-24-22-20-16-14-12-10-8-6-4-2/h33-36,39-42H,3-32H2,1-2H3,(H,38,43)/t33-,34+,35?,36-/m0/s1. The summed E-state index contributed by atoms with van der Waals surface area (Å²) in [6, 6.07) is -0.976. The van der Waals surface area contributed by atoms with Crippen molar-refractivity contribution in [2.45, 2.75) is 224 Å². The summed E-state index contributed by atoms with van der Waals surface area (Å²) in [5, 5.41) is 43.4. The molecule has 0 aliphatic carbocycles. The van der Waals surface area contributed by atoms with Gasteiger partial charge in [-0.25, -0.2) is 0 Å². The number of carbonyl (C=O) groups excluding carboxylic acids is 1. The van der Waals surface area contributed by atoms with E-state index < -0.39 is 36.9 Å². The SMILES string of the molecule is CCCCCCCCCCCCCCCCCC(O)C(=O)N[C@@H](CO)[C@H](O)[C@H](O)CCCCCCCCCCCCCC. The van der Waals surface area contributed by atoms with Crippen molar-refractivity contribution in [3.8, 4) is 0 Å². The molecule has 0 rings (SSSR count). The number of rotatable bonds is 34. The summed E-state index contributed by atoms with van der Waals surface area (Å²) < 4.78 is 0. The Bertz CT molecular complexity index is 575. The molecule has 0 spiro atoms. The lowest BCUT2D eigenvalue weighted by molar-refractivity contribution is -0.132. The molecule has 1 amide bonds. The number of nitrogens with one attached hydrogen (secondary N) is 1. The molecule has 0 radical (unpaired) electrons. The fourth-order valence-electron chi connectivity index (χ4n) is 5.99. The number of hydrogen-bond donors (Lipinski definition) is 5. The lowest BCUT2D eigenvalue weighted by Gasteiger charge is -2.27. The second-order valence-corrected chi connectivity index (χ2v) is 13.3. The molecule has 0 heterocycles. The topological polar surface area (TPSA) is 110 Å². The van der Waals surface area contributed by atoms with Gasteiger partial charge in [-0.3, -0.25) is 4.79 Å². The summed E-state index contributed by atoms with van der Waals surface area (Å²) in [6.45, 7) is 4.03. The third-order valence-electron chi connectivity index (χ3n) is 9.07. The molecule has 0 bridgehead atoms. The number of amides is 1. The zero-order valence-electron chi connectivity index (χ0n) is 28.7. The summed E-state index contributed by atoms with van der Waals surface area (Å²) in [6.07, 6.45) is 31.2. The average Bonchev–Trinajstić information content (AvgIpc) is 3.01. The molecular weight excluding hydrogens is 538 g/mol. The van der Waals surface area contributed by atoms with Crippen LogP contribution in [0.5, 0.6) is 0 Å². The summed E-state index contributed by atoms with van der Waals surface area (Å²) in [4.78, 5) is 12.4. The van der Waals surface area contributed by atoms with E-state index in [0.717, 1.165) is 38.5 Å². The van der Waals surface area contributed by atoms with Gasteiger partial charge >= 0.3 is 0 Å². The maximum absolute atomic E-state index is 12.4. The summed E-state index contributed by atoms with van der Waals surface area (Å²) >= 11 is 0. The van der Waals surface area contributed by atoms with Gasteiger partial charge in [-0.05, 0) is 12.8 Å². The Kier molecular flexibility index (Phi) is 32.2. The lowest BCUT2D eigenvalue weighted by Crippen LogP contribution is -2.53. The van der Waals surface area contributed by atoms with E-state index in [1.807, 2.05) is 0 Å². The van der Waals surface area contributed by atoms with Gasteiger partial charge in [0.15, 0.2) is 0 Å². The van der Waals surface area contributed by atoms with Gasteiger partial charge in [0.1, 0.15) is 12.2 Å². The molecular formula is C37H75NO5. The minimum absolute atomic E-state index is 0.375. The van der Waals surface area contributed by atoms with Crippen LogP contribution in [0.2, 0.25) is 0 Å². The third kappa shape index (κ3) is 27.4. The van der Waals surface area contributed by atoms with Crippen LogP contribution in [0.15, 0.2) is 0 Å². The van der Waals surface area contributed by atoms with Crippen LogP contribution in [0, 0.1) is 0 Å².